The number of aliphatic carboxylic acids is 1. The number of fused-ring (bicyclic) bond motifs is 1. The number of carbonyl (C=O) groups excluding carboxylic acids is 1. The molecule has 1 aliphatic carbocycles. The third kappa shape index (κ3) is 4.16. The third-order valence-corrected chi connectivity index (χ3v) is 5.98. The zero-order chi connectivity index (χ0) is 21.5. The van der Waals surface area contributed by atoms with E-state index in [4.69, 9.17) is 4.65 Å². The summed E-state index contributed by atoms with van der Waals surface area (Å²) in [4.78, 5) is 26.8. The van der Waals surface area contributed by atoms with Crippen molar-refractivity contribution in [3.05, 3.63) is 28.8 Å². The SMILES string of the molecule is Cc1c(C(=O)N(C2CCC(F)(F)CC2)[C@H](C(=O)O)C(C)C)ccc2c1B(O)OC2. The summed E-state index contributed by atoms with van der Waals surface area (Å²) in [6.07, 6.45) is -0.654. The summed E-state index contributed by atoms with van der Waals surface area (Å²) in [7, 11) is -1.14. The molecule has 1 amide bonds. The third-order valence-electron chi connectivity index (χ3n) is 5.98. The number of benzene rings is 1. The molecule has 1 atom stereocenters. The summed E-state index contributed by atoms with van der Waals surface area (Å²) in [5, 5.41) is 19.9. The maximum Gasteiger partial charge on any atom is 0.492 e. The maximum atomic E-state index is 13.7. The van der Waals surface area contributed by atoms with Gasteiger partial charge in [-0.25, -0.2) is 13.6 Å². The van der Waals surface area contributed by atoms with E-state index in [1.54, 1.807) is 32.9 Å². The molecule has 9 heteroatoms. The second kappa shape index (κ2) is 8.03. The van der Waals surface area contributed by atoms with Crippen molar-refractivity contribution in [2.75, 3.05) is 0 Å². The Hall–Kier alpha value is -2.00. The fourth-order valence-corrected chi connectivity index (χ4v) is 4.42. The van der Waals surface area contributed by atoms with Gasteiger partial charge < -0.3 is 19.7 Å². The van der Waals surface area contributed by atoms with Gasteiger partial charge in [-0.3, -0.25) is 4.79 Å². The van der Waals surface area contributed by atoms with Crippen LogP contribution in [-0.4, -0.2) is 52.0 Å². The van der Waals surface area contributed by atoms with Crippen molar-refractivity contribution in [2.24, 2.45) is 5.92 Å². The molecule has 1 saturated carbocycles. The molecule has 0 radical (unpaired) electrons. The van der Waals surface area contributed by atoms with E-state index in [-0.39, 0.29) is 37.9 Å². The molecule has 0 saturated heterocycles. The molecule has 0 unspecified atom stereocenters. The summed E-state index contributed by atoms with van der Waals surface area (Å²) in [5.41, 5.74) is 2.07. The van der Waals surface area contributed by atoms with Crippen LogP contribution >= 0.6 is 0 Å². The molecule has 0 bridgehead atoms. The monoisotopic (exact) mass is 409 g/mol. The minimum Gasteiger partial charge on any atom is -0.480 e. The van der Waals surface area contributed by atoms with Crippen LogP contribution in [0.4, 0.5) is 8.78 Å². The molecule has 3 rings (SSSR count). The first-order valence-corrected chi connectivity index (χ1v) is 9.89. The average Bonchev–Trinajstić information content (AvgIpc) is 3.01. The second-order valence-corrected chi connectivity index (χ2v) is 8.30. The predicted molar refractivity (Wildman–Crippen MR) is 103 cm³/mol. The summed E-state index contributed by atoms with van der Waals surface area (Å²) in [6, 6.07) is 1.57. The van der Waals surface area contributed by atoms with Crippen molar-refractivity contribution in [3.63, 3.8) is 0 Å². The lowest BCUT2D eigenvalue weighted by Crippen LogP contribution is -2.55. The van der Waals surface area contributed by atoms with Crippen LogP contribution < -0.4 is 5.46 Å². The summed E-state index contributed by atoms with van der Waals surface area (Å²) in [5.74, 6) is -4.86. The predicted octanol–water partition coefficient (Wildman–Crippen LogP) is 2.34. The van der Waals surface area contributed by atoms with Gasteiger partial charge in [0.15, 0.2) is 0 Å². The van der Waals surface area contributed by atoms with Crippen LogP contribution in [0.5, 0.6) is 0 Å². The Labute approximate surface area is 169 Å². The molecule has 6 nitrogen and oxygen atoms in total. The number of hydrogen-bond donors (Lipinski definition) is 2. The van der Waals surface area contributed by atoms with Gasteiger partial charge in [0.05, 0.1) is 6.61 Å². The van der Waals surface area contributed by atoms with Gasteiger partial charge in [0.2, 0.25) is 5.92 Å². The molecule has 1 aromatic rings. The summed E-state index contributed by atoms with van der Waals surface area (Å²) in [6.45, 7) is 5.31. The zero-order valence-electron chi connectivity index (χ0n) is 16.8. The van der Waals surface area contributed by atoms with Crippen LogP contribution in [0.3, 0.4) is 0 Å². The Kier molecular flexibility index (Phi) is 6.01. The van der Waals surface area contributed by atoms with E-state index in [0.717, 1.165) is 5.56 Å². The molecule has 2 N–H and O–H groups in total. The van der Waals surface area contributed by atoms with Gasteiger partial charge in [0, 0.05) is 24.4 Å². The van der Waals surface area contributed by atoms with Gasteiger partial charge in [-0.15, -0.1) is 0 Å². The minimum atomic E-state index is -2.79. The Morgan fingerprint density at radius 3 is 2.45 bits per heavy atom. The Morgan fingerprint density at radius 1 is 1.28 bits per heavy atom. The van der Waals surface area contributed by atoms with E-state index in [9.17, 15) is 28.5 Å². The largest absolute Gasteiger partial charge is 0.492 e. The van der Waals surface area contributed by atoms with Gasteiger partial charge in [0.1, 0.15) is 6.04 Å². The van der Waals surface area contributed by atoms with Crippen molar-refractivity contribution in [3.8, 4) is 0 Å². The van der Waals surface area contributed by atoms with Crippen LogP contribution in [0.2, 0.25) is 0 Å². The van der Waals surface area contributed by atoms with Crippen LogP contribution in [0.25, 0.3) is 0 Å². The lowest BCUT2D eigenvalue weighted by Gasteiger charge is -2.41. The van der Waals surface area contributed by atoms with Gasteiger partial charge in [-0.1, -0.05) is 19.9 Å². The van der Waals surface area contributed by atoms with Crippen molar-refractivity contribution >= 4 is 24.5 Å². The Balaban J connectivity index is 2.01. The highest BCUT2D eigenvalue weighted by Gasteiger charge is 2.44. The molecule has 158 valence electrons. The molecule has 1 fully saturated rings. The minimum absolute atomic E-state index is 0.0466. The molecule has 0 aromatic heterocycles. The molecular weight excluding hydrogens is 383 g/mol. The highest BCUT2D eigenvalue weighted by molar-refractivity contribution is 6.62. The van der Waals surface area contributed by atoms with Gasteiger partial charge in [0.25, 0.3) is 5.91 Å². The number of carbonyl (C=O) groups is 2. The fourth-order valence-electron chi connectivity index (χ4n) is 4.42. The van der Waals surface area contributed by atoms with Gasteiger partial charge in [-0.05, 0) is 48.3 Å². The standard InChI is InChI=1S/C20H26BF2NO5/c1-11(2)17(19(26)27)24(14-6-8-20(22,23)9-7-14)18(25)15-5-4-13-10-29-21(28)16(13)12(15)3/h4-5,11,14,17,28H,6-10H2,1-3H3,(H,26,27)/t17-/m0/s1. The van der Waals surface area contributed by atoms with Gasteiger partial charge in [-0.2, -0.15) is 0 Å². The first-order valence-electron chi connectivity index (χ1n) is 9.89. The molecule has 1 aliphatic heterocycles. The summed E-state index contributed by atoms with van der Waals surface area (Å²) >= 11 is 0. The van der Waals surface area contributed by atoms with Crippen molar-refractivity contribution in [1.82, 2.24) is 4.90 Å². The number of amides is 1. The lowest BCUT2D eigenvalue weighted by molar-refractivity contribution is -0.145. The van der Waals surface area contributed by atoms with Crippen molar-refractivity contribution in [1.29, 1.82) is 0 Å². The highest BCUT2D eigenvalue weighted by Crippen LogP contribution is 2.37. The number of rotatable bonds is 5. The van der Waals surface area contributed by atoms with E-state index in [1.807, 2.05) is 0 Å². The molecular formula is C20H26BF2NO5. The fraction of sp³-hybridized carbons (Fsp3) is 0.600. The zero-order valence-corrected chi connectivity index (χ0v) is 16.8. The number of nitrogens with zero attached hydrogens (tertiary/aromatic N) is 1. The molecule has 2 aliphatic rings. The molecule has 29 heavy (non-hydrogen) atoms. The molecule has 1 heterocycles. The number of halogens is 2. The van der Waals surface area contributed by atoms with Gasteiger partial charge >= 0.3 is 13.1 Å². The quantitative estimate of drug-likeness (QED) is 0.730. The maximum absolute atomic E-state index is 13.7. The summed E-state index contributed by atoms with van der Waals surface area (Å²) < 4.78 is 32.6. The second-order valence-electron chi connectivity index (χ2n) is 8.30. The first kappa shape index (κ1) is 21.7. The number of carboxylic acid groups (broad SMARTS) is 1. The van der Waals surface area contributed by atoms with Crippen LogP contribution in [0, 0.1) is 12.8 Å². The smallest absolute Gasteiger partial charge is 0.480 e. The van der Waals surface area contributed by atoms with E-state index in [0.29, 0.717) is 11.0 Å². The van der Waals surface area contributed by atoms with Crippen LogP contribution in [0.15, 0.2) is 12.1 Å². The van der Waals surface area contributed by atoms with Crippen LogP contribution in [0.1, 0.15) is 61.0 Å². The van der Waals surface area contributed by atoms with E-state index >= 15 is 0 Å². The number of hydrogen-bond acceptors (Lipinski definition) is 4. The first-order chi connectivity index (χ1) is 13.5. The van der Waals surface area contributed by atoms with Crippen LogP contribution in [-0.2, 0) is 16.1 Å². The average molecular weight is 409 g/mol. The van der Waals surface area contributed by atoms with E-state index in [1.165, 1.54) is 4.90 Å². The normalized spacial score (nSPS) is 19.9. The van der Waals surface area contributed by atoms with Crippen molar-refractivity contribution < 1.29 is 33.2 Å². The molecule has 1 aromatic carbocycles. The topological polar surface area (TPSA) is 87.1 Å². The number of alkyl halides is 2. The Morgan fingerprint density at radius 2 is 1.90 bits per heavy atom. The Bertz CT molecular complexity index is 806. The highest BCUT2D eigenvalue weighted by atomic mass is 19.3. The molecule has 0 spiro atoms. The van der Waals surface area contributed by atoms with Crippen molar-refractivity contribution in [2.45, 2.75) is 71.1 Å². The lowest BCUT2D eigenvalue weighted by atomic mass is 9.75. The van der Waals surface area contributed by atoms with E-state index < -0.39 is 42.9 Å². The number of carboxylic acids is 1. The van der Waals surface area contributed by atoms with E-state index in [2.05, 4.69) is 0 Å².